The zero-order chi connectivity index (χ0) is 23.9. The van der Waals surface area contributed by atoms with Crippen molar-refractivity contribution in [3.63, 3.8) is 0 Å². The summed E-state index contributed by atoms with van der Waals surface area (Å²) in [6, 6.07) is 0. The fraction of sp³-hybridized carbons (Fsp3) is 0.917. The molecule has 0 saturated carbocycles. The minimum absolute atomic E-state index is 0.0341. The molecule has 0 aliphatic rings. The summed E-state index contributed by atoms with van der Waals surface area (Å²) in [5.74, 6) is -0.226. The van der Waals surface area contributed by atoms with Crippen molar-refractivity contribution in [2.45, 2.75) is 90.6 Å². The van der Waals surface area contributed by atoms with Crippen LogP contribution in [0.4, 0.5) is 0 Å². The first kappa shape index (κ1) is 30.8. The van der Waals surface area contributed by atoms with Crippen LogP contribution in [0.2, 0.25) is 0 Å². The summed E-state index contributed by atoms with van der Waals surface area (Å²) in [5, 5.41) is 27.5. The SMILES string of the molecule is CCCCCCCCCCCCNC(=O)CCNC(=O)CNCC(O)CN(CC)CCO. The molecule has 1 unspecified atom stereocenters. The van der Waals surface area contributed by atoms with Gasteiger partial charge in [-0.1, -0.05) is 71.6 Å². The van der Waals surface area contributed by atoms with Gasteiger partial charge in [-0.2, -0.15) is 0 Å². The molecule has 0 aromatic carbocycles. The first-order valence-corrected chi connectivity index (χ1v) is 12.8. The minimum atomic E-state index is -0.606. The summed E-state index contributed by atoms with van der Waals surface area (Å²) >= 11 is 0. The van der Waals surface area contributed by atoms with Crippen LogP contribution in [0.15, 0.2) is 0 Å². The van der Waals surface area contributed by atoms with Gasteiger partial charge in [-0.05, 0) is 13.0 Å². The van der Waals surface area contributed by atoms with Crippen molar-refractivity contribution < 1.29 is 19.8 Å². The van der Waals surface area contributed by atoms with E-state index in [9.17, 15) is 14.7 Å². The Kier molecular flexibility index (Phi) is 22.1. The Morgan fingerprint density at radius 1 is 0.844 bits per heavy atom. The minimum Gasteiger partial charge on any atom is -0.395 e. The third-order valence-electron chi connectivity index (χ3n) is 5.52. The van der Waals surface area contributed by atoms with Gasteiger partial charge in [0, 0.05) is 39.1 Å². The van der Waals surface area contributed by atoms with Crippen LogP contribution in [0.3, 0.4) is 0 Å². The number of aliphatic hydroxyl groups excluding tert-OH is 2. The zero-order valence-electron chi connectivity index (χ0n) is 20.7. The lowest BCUT2D eigenvalue weighted by molar-refractivity contribution is -0.122. The normalized spacial score (nSPS) is 12.2. The van der Waals surface area contributed by atoms with E-state index in [2.05, 4.69) is 22.9 Å². The number of carbonyl (C=O) groups excluding carboxylic acids is 2. The Bertz CT molecular complexity index is 452. The maximum atomic E-state index is 11.8. The maximum absolute atomic E-state index is 11.8. The summed E-state index contributed by atoms with van der Waals surface area (Å²) in [6.45, 7) is 7.41. The van der Waals surface area contributed by atoms with Gasteiger partial charge in [0.1, 0.15) is 0 Å². The number of carbonyl (C=O) groups is 2. The van der Waals surface area contributed by atoms with E-state index in [1.165, 1.54) is 51.4 Å². The van der Waals surface area contributed by atoms with Crippen molar-refractivity contribution in [2.75, 3.05) is 52.4 Å². The molecular formula is C24H50N4O4. The maximum Gasteiger partial charge on any atom is 0.233 e. The summed E-state index contributed by atoms with van der Waals surface area (Å²) in [6.07, 6.45) is 12.4. The van der Waals surface area contributed by atoms with Gasteiger partial charge < -0.3 is 26.2 Å². The van der Waals surface area contributed by atoms with Crippen LogP contribution in [0.5, 0.6) is 0 Å². The lowest BCUT2D eigenvalue weighted by Crippen LogP contribution is -2.42. The number of aliphatic hydroxyl groups is 2. The van der Waals surface area contributed by atoms with E-state index in [1.54, 1.807) is 0 Å². The van der Waals surface area contributed by atoms with Crippen molar-refractivity contribution in [2.24, 2.45) is 0 Å². The number of unbranched alkanes of at least 4 members (excludes halogenated alkanes) is 9. The number of hydrogen-bond donors (Lipinski definition) is 5. The first-order valence-electron chi connectivity index (χ1n) is 12.8. The molecule has 0 heterocycles. The quantitative estimate of drug-likeness (QED) is 0.149. The molecule has 8 heteroatoms. The number of rotatable bonds is 23. The number of amides is 2. The van der Waals surface area contributed by atoms with Gasteiger partial charge in [0.2, 0.25) is 11.8 Å². The van der Waals surface area contributed by atoms with E-state index in [-0.39, 0.29) is 31.4 Å². The molecule has 0 aromatic heterocycles. The molecule has 0 aliphatic carbocycles. The molecule has 0 rings (SSSR count). The molecule has 0 aliphatic heterocycles. The van der Waals surface area contributed by atoms with Gasteiger partial charge >= 0.3 is 0 Å². The molecule has 0 aromatic rings. The van der Waals surface area contributed by atoms with Gasteiger partial charge in [0.15, 0.2) is 0 Å². The zero-order valence-corrected chi connectivity index (χ0v) is 20.7. The Morgan fingerprint density at radius 3 is 2.03 bits per heavy atom. The molecule has 32 heavy (non-hydrogen) atoms. The van der Waals surface area contributed by atoms with Crippen LogP contribution < -0.4 is 16.0 Å². The van der Waals surface area contributed by atoms with Crippen LogP contribution in [0.1, 0.15) is 84.5 Å². The van der Waals surface area contributed by atoms with E-state index in [4.69, 9.17) is 5.11 Å². The predicted molar refractivity (Wildman–Crippen MR) is 131 cm³/mol. The Hall–Kier alpha value is -1.22. The largest absolute Gasteiger partial charge is 0.395 e. The lowest BCUT2D eigenvalue weighted by atomic mass is 10.1. The predicted octanol–water partition coefficient (Wildman–Crippen LogP) is 1.79. The van der Waals surface area contributed by atoms with Crippen molar-refractivity contribution in [3.8, 4) is 0 Å². The number of nitrogens with zero attached hydrogens (tertiary/aromatic N) is 1. The average Bonchev–Trinajstić information content (AvgIpc) is 2.77. The van der Waals surface area contributed by atoms with Crippen LogP contribution in [-0.4, -0.2) is 85.5 Å². The van der Waals surface area contributed by atoms with Crippen LogP contribution in [0.25, 0.3) is 0 Å². The highest BCUT2D eigenvalue weighted by Gasteiger charge is 2.10. The van der Waals surface area contributed by atoms with Crippen molar-refractivity contribution in [1.82, 2.24) is 20.9 Å². The second kappa shape index (κ2) is 23.0. The fourth-order valence-corrected chi connectivity index (χ4v) is 3.54. The van der Waals surface area contributed by atoms with E-state index < -0.39 is 6.10 Å². The van der Waals surface area contributed by atoms with Gasteiger partial charge in [-0.25, -0.2) is 0 Å². The number of likely N-dealkylation sites (N-methyl/N-ethyl adjacent to an activating group) is 1. The molecule has 0 bridgehead atoms. The van der Waals surface area contributed by atoms with Crippen LogP contribution in [-0.2, 0) is 9.59 Å². The van der Waals surface area contributed by atoms with Gasteiger partial charge in [0.25, 0.3) is 0 Å². The third-order valence-corrected chi connectivity index (χ3v) is 5.52. The molecule has 0 fully saturated rings. The van der Waals surface area contributed by atoms with Crippen molar-refractivity contribution in [3.05, 3.63) is 0 Å². The highest BCUT2D eigenvalue weighted by atomic mass is 16.3. The molecule has 5 N–H and O–H groups in total. The first-order chi connectivity index (χ1) is 15.5. The molecule has 0 spiro atoms. The summed E-state index contributed by atoms with van der Waals surface area (Å²) in [5.41, 5.74) is 0. The molecule has 2 amide bonds. The monoisotopic (exact) mass is 458 g/mol. The summed E-state index contributed by atoms with van der Waals surface area (Å²) < 4.78 is 0. The Morgan fingerprint density at radius 2 is 1.44 bits per heavy atom. The summed E-state index contributed by atoms with van der Waals surface area (Å²) in [7, 11) is 0. The molecular weight excluding hydrogens is 408 g/mol. The molecule has 1 atom stereocenters. The van der Waals surface area contributed by atoms with E-state index in [0.29, 0.717) is 32.7 Å². The lowest BCUT2D eigenvalue weighted by Gasteiger charge is -2.22. The molecule has 8 nitrogen and oxygen atoms in total. The summed E-state index contributed by atoms with van der Waals surface area (Å²) in [4.78, 5) is 25.6. The van der Waals surface area contributed by atoms with Gasteiger partial charge in [0.05, 0.1) is 19.3 Å². The Labute approximate surface area is 195 Å². The topological polar surface area (TPSA) is 114 Å². The fourth-order valence-electron chi connectivity index (χ4n) is 3.54. The highest BCUT2D eigenvalue weighted by Crippen LogP contribution is 2.10. The Balaban J connectivity index is 3.51. The van der Waals surface area contributed by atoms with Gasteiger partial charge in [-0.3, -0.25) is 14.5 Å². The van der Waals surface area contributed by atoms with Gasteiger partial charge in [-0.15, -0.1) is 0 Å². The second-order valence-corrected chi connectivity index (χ2v) is 8.53. The molecule has 190 valence electrons. The van der Waals surface area contributed by atoms with Crippen molar-refractivity contribution in [1.29, 1.82) is 0 Å². The van der Waals surface area contributed by atoms with Crippen LogP contribution >= 0.6 is 0 Å². The van der Waals surface area contributed by atoms with Crippen molar-refractivity contribution >= 4 is 11.8 Å². The third kappa shape index (κ3) is 20.7. The standard InChI is InChI=1S/C24H50N4O4/c1-3-5-6-7-8-9-10-11-12-13-15-26-23(31)14-16-27-24(32)20-25-19-22(30)21-28(4-2)17-18-29/h22,25,29-30H,3-21H2,1-2H3,(H,26,31)(H,27,32). The second-order valence-electron chi connectivity index (χ2n) is 8.53. The number of nitrogens with one attached hydrogen (secondary N) is 3. The number of hydrogen-bond acceptors (Lipinski definition) is 6. The average molecular weight is 459 g/mol. The van der Waals surface area contributed by atoms with E-state index >= 15 is 0 Å². The smallest absolute Gasteiger partial charge is 0.233 e. The highest BCUT2D eigenvalue weighted by molar-refractivity contribution is 5.80. The molecule has 0 saturated heterocycles. The van der Waals surface area contributed by atoms with E-state index in [0.717, 1.165) is 19.4 Å². The molecule has 0 radical (unpaired) electrons. The van der Waals surface area contributed by atoms with Crippen LogP contribution in [0, 0.1) is 0 Å². The van der Waals surface area contributed by atoms with E-state index in [1.807, 2.05) is 11.8 Å².